The lowest BCUT2D eigenvalue weighted by Gasteiger charge is -2.59. The van der Waals surface area contributed by atoms with Crippen LogP contribution in [0.5, 0.6) is 0 Å². The summed E-state index contributed by atoms with van der Waals surface area (Å²) >= 11 is 0. The van der Waals surface area contributed by atoms with Crippen molar-refractivity contribution >= 4 is 17.9 Å². The van der Waals surface area contributed by atoms with Crippen LogP contribution < -0.4 is 0 Å². The van der Waals surface area contributed by atoms with E-state index in [1.807, 2.05) is 6.92 Å². The summed E-state index contributed by atoms with van der Waals surface area (Å²) in [6.07, 6.45) is 3.71. The molecule has 0 aromatic heterocycles. The molecule has 0 aromatic carbocycles. The third kappa shape index (κ3) is 4.86. The van der Waals surface area contributed by atoms with Gasteiger partial charge in [-0.25, -0.2) is 4.79 Å². The van der Waals surface area contributed by atoms with Gasteiger partial charge in [0.15, 0.2) is 0 Å². The highest BCUT2D eigenvalue weighted by Crippen LogP contribution is 2.61. The number of ether oxygens (including phenoxy) is 3. The number of hydrogen-bond acceptors (Lipinski definition) is 7. The lowest BCUT2D eigenvalue weighted by atomic mass is 9.48. The minimum Gasteiger partial charge on any atom is -0.465 e. The lowest BCUT2D eigenvalue weighted by molar-refractivity contribution is -0.179. The zero-order valence-corrected chi connectivity index (χ0v) is 19.2. The van der Waals surface area contributed by atoms with Gasteiger partial charge in [0.05, 0.1) is 12.7 Å². The summed E-state index contributed by atoms with van der Waals surface area (Å²) in [4.78, 5) is 34.9. The molecule has 0 aromatic rings. The highest BCUT2D eigenvalue weighted by molar-refractivity contribution is 5.85. The van der Waals surface area contributed by atoms with E-state index in [2.05, 4.69) is 13.8 Å². The van der Waals surface area contributed by atoms with Gasteiger partial charge in [-0.2, -0.15) is 0 Å². The van der Waals surface area contributed by atoms with Crippen molar-refractivity contribution in [1.29, 1.82) is 0 Å². The van der Waals surface area contributed by atoms with Gasteiger partial charge < -0.3 is 19.3 Å². The number of allylic oxidation sites excluding steroid dienone is 1. The maximum Gasteiger partial charge on any atom is 0.331 e. The van der Waals surface area contributed by atoms with Crippen molar-refractivity contribution in [3.05, 3.63) is 22.8 Å². The van der Waals surface area contributed by atoms with E-state index in [0.717, 1.165) is 17.6 Å². The van der Waals surface area contributed by atoms with Crippen LogP contribution in [0.2, 0.25) is 0 Å². The van der Waals surface area contributed by atoms with Gasteiger partial charge in [-0.3, -0.25) is 9.59 Å². The zero-order valence-electron chi connectivity index (χ0n) is 19.2. The average molecular weight is 435 g/mol. The van der Waals surface area contributed by atoms with E-state index in [1.165, 1.54) is 19.4 Å². The molecule has 1 N–H and O–H groups in total. The molecule has 1 aliphatic heterocycles. The normalized spacial score (nSPS) is 35.2. The first-order valence-corrected chi connectivity index (χ1v) is 11.0. The highest BCUT2D eigenvalue weighted by Gasteiger charge is 2.59. The number of esters is 3. The maximum absolute atomic E-state index is 11.9. The Hall–Kier alpha value is -2.15. The molecule has 1 heterocycles. The van der Waals surface area contributed by atoms with Gasteiger partial charge in [0, 0.05) is 37.7 Å². The molecule has 7 nitrogen and oxygen atoms in total. The Morgan fingerprint density at radius 1 is 1.19 bits per heavy atom. The van der Waals surface area contributed by atoms with E-state index >= 15 is 0 Å². The maximum atomic E-state index is 11.9. The van der Waals surface area contributed by atoms with Crippen LogP contribution >= 0.6 is 0 Å². The Morgan fingerprint density at radius 2 is 1.90 bits per heavy atom. The number of hydrogen-bond donors (Lipinski definition) is 1. The van der Waals surface area contributed by atoms with Crippen LogP contribution in [0.15, 0.2) is 22.8 Å². The molecule has 7 heteroatoms. The number of fused-ring (bicyclic) bond motifs is 1. The quantitative estimate of drug-likeness (QED) is 0.389. The summed E-state index contributed by atoms with van der Waals surface area (Å²) in [5.74, 6) is -1.12. The molecule has 0 spiro atoms. The Balaban J connectivity index is 1.98. The molecule has 172 valence electrons. The standard InChI is InChI=1S/C24H34O7/c1-14-8-20(31-16(3)26)22-23(4,13-30-15(2)25)10-18(27)11-24(22,5)19(14)7-6-17-9-21(28)29-12-17/h9,18,20,22,27H,6-8,10-13H2,1-5H3/t18-,20-,22-,23+,24+/m0/s1. The molecule has 0 unspecified atom stereocenters. The summed E-state index contributed by atoms with van der Waals surface area (Å²) in [5, 5.41) is 10.9. The van der Waals surface area contributed by atoms with Crippen molar-refractivity contribution in [3.8, 4) is 0 Å². The van der Waals surface area contributed by atoms with E-state index in [4.69, 9.17) is 14.2 Å². The molecular formula is C24H34O7. The summed E-state index contributed by atoms with van der Waals surface area (Å²) in [5.41, 5.74) is 2.37. The number of cyclic esters (lactones) is 1. The number of carbonyl (C=O) groups is 3. The Labute approximate surface area is 183 Å². The van der Waals surface area contributed by atoms with E-state index in [0.29, 0.717) is 32.3 Å². The highest BCUT2D eigenvalue weighted by atomic mass is 16.5. The molecule has 31 heavy (non-hydrogen) atoms. The van der Waals surface area contributed by atoms with Crippen LogP contribution in [0.4, 0.5) is 0 Å². The van der Waals surface area contributed by atoms with E-state index in [1.54, 1.807) is 6.08 Å². The molecule has 5 atom stereocenters. The molecule has 3 rings (SSSR count). The first-order valence-electron chi connectivity index (χ1n) is 11.0. The summed E-state index contributed by atoms with van der Waals surface area (Å²) in [7, 11) is 0. The molecule has 3 aliphatic rings. The van der Waals surface area contributed by atoms with Gasteiger partial charge >= 0.3 is 17.9 Å². The van der Waals surface area contributed by atoms with E-state index < -0.39 is 16.9 Å². The largest absolute Gasteiger partial charge is 0.465 e. The first kappa shape index (κ1) is 23.5. The molecule has 0 bridgehead atoms. The van der Waals surface area contributed by atoms with Gasteiger partial charge in [0.1, 0.15) is 12.7 Å². The molecule has 1 fully saturated rings. The molecule has 0 radical (unpaired) electrons. The third-order valence-electron chi connectivity index (χ3n) is 7.22. The number of carbonyl (C=O) groups excluding carboxylic acids is 3. The molecule has 1 saturated carbocycles. The minimum absolute atomic E-state index is 0.110. The number of aliphatic hydroxyl groups excluding tert-OH is 1. The predicted octanol–water partition coefficient (Wildman–Crippen LogP) is 3.25. The van der Waals surface area contributed by atoms with E-state index in [9.17, 15) is 19.5 Å². The number of rotatable bonds is 6. The molecule has 2 aliphatic carbocycles. The minimum atomic E-state index is -0.559. The van der Waals surface area contributed by atoms with Gasteiger partial charge in [-0.1, -0.05) is 25.0 Å². The van der Waals surface area contributed by atoms with Crippen LogP contribution in [0.1, 0.15) is 66.7 Å². The lowest BCUT2D eigenvalue weighted by Crippen LogP contribution is -2.58. The van der Waals surface area contributed by atoms with Crippen molar-refractivity contribution in [3.63, 3.8) is 0 Å². The van der Waals surface area contributed by atoms with Crippen LogP contribution in [0.3, 0.4) is 0 Å². The Kier molecular flexibility index (Phi) is 6.65. The SMILES string of the molecule is CC(=O)OC[C@@]1(C)C[C@H](O)C[C@]2(C)C(CCC3=CC(=O)OC3)=C(C)C[C@H](OC(C)=O)[C@@H]12. The monoisotopic (exact) mass is 434 g/mol. The van der Waals surface area contributed by atoms with Crippen LogP contribution in [0, 0.1) is 16.7 Å². The van der Waals surface area contributed by atoms with Crippen LogP contribution in [-0.4, -0.2) is 48.4 Å². The van der Waals surface area contributed by atoms with Crippen molar-refractivity contribution in [1.82, 2.24) is 0 Å². The average Bonchev–Trinajstić information content (AvgIpc) is 3.03. The summed E-state index contributed by atoms with van der Waals surface area (Å²) in [6.45, 7) is 9.48. The van der Waals surface area contributed by atoms with Gasteiger partial charge in [0.25, 0.3) is 0 Å². The molecule has 0 saturated heterocycles. The summed E-state index contributed by atoms with van der Waals surface area (Å²) < 4.78 is 16.3. The fraction of sp³-hybridized carbons (Fsp3) is 0.708. The molecule has 0 amide bonds. The Morgan fingerprint density at radius 3 is 2.48 bits per heavy atom. The van der Waals surface area contributed by atoms with E-state index in [-0.39, 0.29) is 36.5 Å². The van der Waals surface area contributed by atoms with Gasteiger partial charge in [-0.05, 0) is 43.6 Å². The number of aliphatic hydroxyl groups is 1. The second-order valence-electron chi connectivity index (χ2n) is 9.91. The topological polar surface area (TPSA) is 99.1 Å². The first-order chi connectivity index (χ1) is 14.4. The zero-order chi connectivity index (χ0) is 23.0. The van der Waals surface area contributed by atoms with Gasteiger partial charge in [0.2, 0.25) is 0 Å². The van der Waals surface area contributed by atoms with Crippen LogP contribution in [0.25, 0.3) is 0 Å². The smallest absolute Gasteiger partial charge is 0.331 e. The Bertz CT molecular complexity index is 826. The van der Waals surface area contributed by atoms with Crippen molar-refractivity contribution < 1.29 is 33.7 Å². The predicted molar refractivity (Wildman–Crippen MR) is 113 cm³/mol. The van der Waals surface area contributed by atoms with Crippen LogP contribution in [-0.2, 0) is 28.6 Å². The summed E-state index contributed by atoms with van der Waals surface area (Å²) in [6, 6.07) is 0. The van der Waals surface area contributed by atoms with Gasteiger partial charge in [-0.15, -0.1) is 0 Å². The van der Waals surface area contributed by atoms with Crippen molar-refractivity contribution in [2.45, 2.75) is 78.9 Å². The fourth-order valence-corrected chi connectivity index (χ4v) is 6.40. The third-order valence-corrected chi connectivity index (χ3v) is 7.22. The van der Waals surface area contributed by atoms with Crippen molar-refractivity contribution in [2.24, 2.45) is 16.7 Å². The van der Waals surface area contributed by atoms with Crippen molar-refractivity contribution in [2.75, 3.05) is 13.2 Å². The second-order valence-corrected chi connectivity index (χ2v) is 9.91. The molecular weight excluding hydrogens is 400 g/mol. The fourth-order valence-electron chi connectivity index (χ4n) is 6.40. The second kappa shape index (κ2) is 8.77.